The molecule has 0 amide bonds. The van der Waals surface area contributed by atoms with Crippen LogP contribution in [0, 0.1) is 55.9 Å². The second-order valence-corrected chi connectivity index (χ2v) is 6.33. The molecule has 0 N–H and O–H groups in total. The van der Waals surface area contributed by atoms with Gasteiger partial charge >= 0.3 is 0 Å². The molecule has 0 saturated carbocycles. The predicted octanol–water partition coefficient (Wildman–Crippen LogP) is 8.37. The zero-order valence-electron chi connectivity index (χ0n) is 24.1. The van der Waals surface area contributed by atoms with E-state index in [-0.39, 0.29) is 40.1 Å². The van der Waals surface area contributed by atoms with Crippen LogP contribution in [0.3, 0.4) is 0 Å². The Morgan fingerprint density at radius 1 is 0.588 bits per heavy atom. The van der Waals surface area contributed by atoms with Crippen LogP contribution in [0.15, 0.2) is 30.9 Å². The summed E-state index contributed by atoms with van der Waals surface area (Å²) >= 11 is 6.05. The van der Waals surface area contributed by atoms with Crippen molar-refractivity contribution in [1.82, 2.24) is 24.9 Å². The molecule has 0 spiro atoms. The topological polar surface area (TPSA) is 64.5 Å². The normalized spacial score (nSPS) is 7.82. The van der Waals surface area contributed by atoms with Crippen molar-refractivity contribution in [2.45, 2.75) is 90.0 Å². The minimum Gasteiger partial charge on any atom is -0.358 e. The molecule has 5 nitrogen and oxygen atoms in total. The summed E-state index contributed by atoms with van der Waals surface area (Å²) in [6, 6.07) is 3.91. The summed E-state index contributed by atoms with van der Waals surface area (Å²) in [5.41, 5.74) is 5.02. The molecule has 7 heteroatoms. The first-order valence-electron chi connectivity index (χ1n) is 11.3. The van der Waals surface area contributed by atoms with Crippen LogP contribution in [-0.2, 0) is 32.7 Å². The minimum absolute atomic E-state index is 0. The summed E-state index contributed by atoms with van der Waals surface area (Å²) in [6.07, 6.45) is 4.88. The molecule has 34 heavy (non-hydrogen) atoms. The number of aromatic nitrogens is 5. The fourth-order valence-corrected chi connectivity index (χ4v) is 2.48. The van der Waals surface area contributed by atoms with Gasteiger partial charge in [-0.15, -0.1) is 0 Å². The van der Waals surface area contributed by atoms with Gasteiger partial charge in [0.1, 0.15) is 23.8 Å². The van der Waals surface area contributed by atoms with Gasteiger partial charge in [0.15, 0.2) is 0 Å². The maximum Gasteiger partial charge on any atom is 0.129 e. The molecule has 0 fully saturated rings. The number of rotatable bonds is 0. The van der Waals surface area contributed by atoms with Crippen LogP contribution in [0.5, 0.6) is 0 Å². The molecule has 191 valence electrons. The second-order valence-electron chi connectivity index (χ2n) is 5.96. The number of hydrogen-bond donors (Lipinski definition) is 0. The summed E-state index contributed by atoms with van der Waals surface area (Å²) in [6.45, 7) is 25.9. The molecule has 0 atom stereocenters. The van der Waals surface area contributed by atoms with E-state index in [1.807, 2.05) is 69.2 Å². The maximum absolute atomic E-state index is 6.05. The molecule has 1 aromatic carbocycles. The first-order valence-corrected chi connectivity index (χ1v) is 11.7. The summed E-state index contributed by atoms with van der Waals surface area (Å²) in [5, 5.41) is 0.910. The van der Waals surface area contributed by atoms with Crippen molar-refractivity contribution in [1.29, 1.82) is 0 Å². The van der Waals surface area contributed by atoms with Gasteiger partial charge in [-0.3, -0.25) is 0 Å². The second kappa shape index (κ2) is 27.9. The average molecular weight is 566 g/mol. The van der Waals surface area contributed by atoms with E-state index >= 15 is 0 Å². The molecule has 0 bridgehead atoms. The van der Waals surface area contributed by atoms with Crippen LogP contribution in [0.2, 0.25) is 5.02 Å². The molecular weight excluding hydrogens is 519 g/mol. The fraction of sp³-hybridized carbons (Fsp3) is 0.481. The molecule has 3 aromatic rings. The molecule has 0 aliphatic heterocycles. The minimum atomic E-state index is 0. The van der Waals surface area contributed by atoms with Gasteiger partial charge in [0, 0.05) is 50.1 Å². The van der Waals surface area contributed by atoms with Gasteiger partial charge in [-0.25, -0.2) is 24.9 Å². The molecular formula is C27H47ClN5Y-. The average Bonchev–Trinajstić information content (AvgIpc) is 2.81. The number of halogens is 1. The van der Waals surface area contributed by atoms with Gasteiger partial charge in [0.25, 0.3) is 0 Å². The number of benzene rings is 1. The first-order chi connectivity index (χ1) is 15.2. The predicted molar refractivity (Wildman–Crippen MR) is 147 cm³/mol. The molecule has 0 saturated heterocycles. The van der Waals surface area contributed by atoms with E-state index < -0.39 is 0 Å². The molecule has 0 aliphatic carbocycles. The zero-order valence-corrected chi connectivity index (χ0v) is 27.7. The van der Waals surface area contributed by atoms with Crippen molar-refractivity contribution in [2.24, 2.45) is 0 Å². The van der Waals surface area contributed by atoms with Crippen molar-refractivity contribution in [3.05, 3.63) is 83.0 Å². The summed E-state index contributed by atoms with van der Waals surface area (Å²) in [4.78, 5) is 19.4. The Kier molecular flexibility index (Phi) is 35.2. The third-order valence-corrected chi connectivity index (χ3v) is 4.29. The van der Waals surface area contributed by atoms with E-state index in [2.05, 4.69) is 51.8 Å². The molecule has 2 aromatic heterocycles. The molecule has 0 unspecified atom stereocenters. The van der Waals surface area contributed by atoms with Crippen molar-refractivity contribution in [3.63, 3.8) is 0 Å². The summed E-state index contributed by atoms with van der Waals surface area (Å²) in [7, 11) is 0. The standard InChI is InChI=1S/C10H13Cl.C6H9N3.C4H4N2.3C2H6.CH3.Y/c1-6-5-7(2)10(11)9(4)8(6)3;1-4-7-5(2)9-6(3)8-4;1-2-5-4-6-3-1;3*1-2;;/h5H,1-4H3;1-3H3;1-4H;3*1-2H3;1H3;/q;;;;;;-1;. The van der Waals surface area contributed by atoms with Crippen LogP contribution in [0.1, 0.15) is 81.3 Å². The van der Waals surface area contributed by atoms with E-state index in [0.29, 0.717) is 0 Å². The quantitative estimate of drug-likeness (QED) is 0.256. The molecule has 2 heterocycles. The Hall–Kier alpha value is -1.30. The van der Waals surface area contributed by atoms with Gasteiger partial charge < -0.3 is 7.43 Å². The molecule has 3 rings (SSSR count). The van der Waals surface area contributed by atoms with Crippen LogP contribution in [0.4, 0.5) is 0 Å². The number of hydrogen-bond acceptors (Lipinski definition) is 5. The number of nitrogens with zero attached hydrogens (tertiary/aromatic N) is 5. The SMILES string of the molecule is CC.CC.CC.Cc1cc(C)c(Cl)c(C)c1C.Cc1nc(C)nc(C)n1.[CH3-].[Y].c1cncnc1. The zero-order chi connectivity index (χ0) is 25.7. The Bertz CT molecular complexity index is 741. The third kappa shape index (κ3) is 20.1. The largest absolute Gasteiger partial charge is 0.358 e. The van der Waals surface area contributed by atoms with Gasteiger partial charge in [0.2, 0.25) is 0 Å². The van der Waals surface area contributed by atoms with Crippen LogP contribution < -0.4 is 0 Å². The van der Waals surface area contributed by atoms with Crippen LogP contribution >= 0.6 is 11.6 Å². The van der Waals surface area contributed by atoms with Gasteiger partial charge in [-0.1, -0.05) is 59.2 Å². The monoisotopic (exact) mass is 565 g/mol. The maximum atomic E-state index is 6.05. The number of aryl methyl sites for hydroxylation is 5. The van der Waals surface area contributed by atoms with Gasteiger partial charge in [0.05, 0.1) is 0 Å². The fourth-order valence-electron chi connectivity index (χ4n) is 2.28. The van der Waals surface area contributed by atoms with Crippen molar-refractivity contribution >= 4 is 11.6 Å². The Labute approximate surface area is 240 Å². The Balaban J connectivity index is -0.000000111. The summed E-state index contributed by atoms with van der Waals surface area (Å²) in [5.74, 6) is 2.38. The Morgan fingerprint density at radius 3 is 1.21 bits per heavy atom. The van der Waals surface area contributed by atoms with Gasteiger partial charge in [-0.2, -0.15) is 0 Å². The molecule has 0 aliphatic rings. The van der Waals surface area contributed by atoms with E-state index in [1.165, 1.54) is 28.6 Å². The van der Waals surface area contributed by atoms with E-state index in [1.54, 1.807) is 18.5 Å². The van der Waals surface area contributed by atoms with Crippen LogP contribution in [0.25, 0.3) is 0 Å². The third-order valence-electron chi connectivity index (χ3n) is 3.71. The smallest absolute Gasteiger partial charge is 0.129 e. The van der Waals surface area contributed by atoms with Crippen LogP contribution in [-0.4, -0.2) is 24.9 Å². The van der Waals surface area contributed by atoms with Crippen molar-refractivity contribution in [2.75, 3.05) is 0 Å². The Morgan fingerprint density at radius 2 is 0.941 bits per heavy atom. The first kappa shape index (κ1) is 42.8. The van der Waals surface area contributed by atoms with E-state index in [0.717, 1.165) is 22.5 Å². The summed E-state index contributed by atoms with van der Waals surface area (Å²) < 4.78 is 0. The van der Waals surface area contributed by atoms with E-state index in [4.69, 9.17) is 11.6 Å². The van der Waals surface area contributed by atoms with Crippen molar-refractivity contribution in [3.8, 4) is 0 Å². The van der Waals surface area contributed by atoms with E-state index in [9.17, 15) is 0 Å². The van der Waals surface area contributed by atoms with Crippen molar-refractivity contribution < 1.29 is 32.7 Å². The molecule has 1 radical (unpaired) electrons. The van der Waals surface area contributed by atoms with Gasteiger partial charge in [-0.05, 0) is 76.8 Å².